The summed E-state index contributed by atoms with van der Waals surface area (Å²) in [4.78, 5) is 19.5. The van der Waals surface area contributed by atoms with Crippen molar-refractivity contribution in [2.45, 2.75) is 19.9 Å². The van der Waals surface area contributed by atoms with Crippen molar-refractivity contribution in [3.8, 4) is 22.2 Å². The predicted octanol–water partition coefficient (Wildman–Crippen LogP) is 4.58. The van der Waals surface area contributed by atoms with Crippen LogP contribution in [-0.4, -0.2) is 26.3 Å². The molecule has 0 aliphatic heterocycles. The standard InChI is InChI=1S/C19H17ClN4O2S/c1-12(24-13(2)25)3-4-14-5-8-18(21-10-14)26-17-7-6-15(9-16(17)20)19-22-11-23-27-19/h3-12H,1-2H3,(H,24,25)/b4-3+/t12-/m0/s1. The fourth-order valence-corrected chi connectivity index (χ4v) is 3.04. The summed E-state index contributed by atoms with van der Waals surface area (Å²) in [6.45, 7) is 3.39. The van der Waals surface area contributed by atoms with Crippen LogP contribution in [0.3, 0.4) is 0 Å². The maximum absolute atomic E-state index is 11.0. The zero-order valence-electron chi connectivity index (χ0n) is 14.7. The van der Waals surface area contributed by atoms with Crippen molar-refractivity contribution in [1.29, 1.82) is 0 Å². The summed E-state index contributed by atoms with van der Waals surface area (Å²) in [6.07, 6.45) is 6.98. The van der Waals surface area contributed by atoms with Crippen molar-refractivity contribution >= 4 is 35.1 Å². The molecule has 27 heavy (non-hydrogen) atoms. The molecule has 8 heteroatoms. The maximum atomic E-state index is 11.0. The second-order valence-electron chi connectivity index (χ2n) is 5.77. The van der Waals surface area contributed by atoms with E-state index in [-0.39, 0.29) is 11.9 Å². The van der Waals surface area contributed by atoms with Gasteiger partial charge >= 0.3 is 0 Å². The Kier molecular flexibility index (Phi) is 6.16. The second kappa shape index (κ2) is 8.75. The number of halogens is 1. The van der Waals surface area contributed by atoms with Gasteiger partial charge in [-0.3, -0.25) is 4.79 Å². The molecular weight excluding hydrogens is 384 g/mol. The lowest BCUT2D eigenvalue weighted by molar-refractivity contribution is -0.119. The minimum atomic E-state index is -0.0666. The van der Waals surface area contributed by atoms with E-state index in [1.54, 1.807) is 24.4 Å². The van der Waals surface area contributed by atoms with E-state index in [9.17, 15) is 4.79 Å². The highest BCUT2D eigenvalue weighted by Gasteiger charge is 2.08. The number of aromatic nitrogens is 3. The van der Waals surface area contributed by atoms with Crippen molar-refractivity contribution in [1.82, 2.24) is 19.7 Å². The molecule has 0 unspecified atom stereocenters. The average molecular weight is 401 g/mol. The minimum absolute atomic E-state index is 0.0521. The van der Waals surface area contributed by atoms with Crippen LogP contribution in [0.1, 0.15) is 19.4 Å². The first-order valence-electron chi connectivity index (χ1n) is 8.17. The van der Waals surface area contributed by atoms with E-state index in [1.807, 2.05) is 31.2 Å². The lowest BCUT2D eigenvalue weighted by Crippen LogP contribution is -2.28. The molecule has 6 nitrogen and oxygen atoms in total. The van der Waals surface area contributed by atoms with Gasteiger partial charge in [0.25, 0.3) is 0 Å². The summed E-state index contributed by atoms with van der Waals surface area (Å²) in [5.41, 5.74) is 1.79. The number of ether oxygens (including phenoxy) is 1. The number of carbonyl (C=O) groups excluding carboxylic acids is 1. The van der Waals surface area contributed by atoms with Gasteiger partial charge in [0.1, 0.15) is 17.1 Å². The van der Waals surface area contributed by atoms with E-state index >= 15 is 0 Å². The topological polar surface area (TPSA) is 77.0 Å². The summed E-state index contributed by atoms with van der Waals surface area (Å²) < 4.78 is 9.74. The van der Waals surface area contributed by atoms with Gasteiger partial charge in [-0.15, -0.1) is 0 Å². The first kappa shape index (κ1) is 19.0. The first-order valence-corrected chi connectivity index (χ1v) is 9.32. The molecule has 0 spiro atoms. The Morgan fingerprint density at radius 2 is 2.15 bits per heavy atom. The number of benzene rings is 1. The van der Waals surface area contributed by atoms with Crippen LogP contribution in [0.5, 0.6) is 11.6 Å². The van der Waals surface area contributed by atoms with Crippen molar-refractivity contribution in [2.75, 3.05) is 0 Å². The summed E-state index contributed by atoms with van der Waals surface area (Å²) in [5.74, 6) is 0.885. The molecule has 1 atom stereocenters. The van der Waals surface area contributed by atoms with Crippen LogP contribution in [0.15, 0.2) is 48.9 Å². The molecule has 1 N–H and O–H groups in total. The molecule has 2 aromatic heterocycles. The molecule has 1 amide bonds. The third kappa shape index (κ3) is 5.35. The van der Waals surface area contributed by atoms with Gasteiger partial charge in [0.05, 0.1) is 5.02 Å². The van der Waals surface area contributed by atoms with Gasteiger partial charge in [-0.05, 0) is 48.3 Å². The van der Waals surface area contributed by atoms with Gasteiger partial charge in [0.15, 0.2) is 0 Å². The highest BCUT2D eigenvalue weighted by molar-refractivity contribution is 7.09. The number of hydrogen-bond acceptors (Lipinski definition) is 6. The van der Waals surface area contributed by atoms with Crippen LogP contribution in [0, 0.1) is 0 Å². The Bertz CT molecular complexity index is 943. The first-order chi connectivity index (χ1) is 13.0. The Morgan fingerprint density at radius 3 is 2.78 bits per heavy atom. The number of rotatable bonds is 6. The number of carbonyl (C=O) groups is 1. The average Bonchev–Trinajstić information content (AvgIpc) is 3.17. The highest BCUT2D eigenvalue weighted by Crippen LogP contribution is 2.33. The normalized spacial score (nSPS) is 12.1. The number of nitrogens with zero attached hydrogens (tertiary/aromatic N) is 3. The van der Waals surface area contributed by atoms with Crippen molar-refractivity contribution in [2.24, 2.45) is 0 Å². The number of nitrogens with one attached hydrogen (secondary N) is 1. The molecule has 0 bridgehead atoms. The van der Waals surface area contributed by atoms with Crippen LogP contribution >= 0.6 is 23.1 Å². The summed E-state index contributed by atoms with van der Waals surface area (Å²) >= 11 is 7.61. The van der Waals surface area contributed by atoms with E-state index < -0.39 is 0 Å². The van der Waals surface area contributed by atoms with Gasteiger partial charge in [0, 0.05) is 30.8 Å². The fourth-order valence-electron chi connectivity index (χ4n) is 2.30. The summed E-state index contributed by atoms with van der Waals surface area (Å²) in [5, 5.41) is 4.05. The van der Waals surface area contributed by atoms with Gasteiger partial charge in [0.2, 0.25) is 11.8 Å². The third-order valence-corrected chi connectivity index (χ3v) is 4.53. The number of hydrogen-bond donors (Lipinski definition) is 1. The zero-order valence-corrected chi connectivity index (χ0v) is 16.3. The molecular formula is C19H17ClN4O2S. The maximum Gasteiger partial charge on any atom is 0.219 e. The molecule has 0 saturated heterocycles. The van der Waals surface area contributed by atoms with Crippen LogP contribution < -0.4 is 10.1 Å². The van der Waals surface area contributed by atoms with Crippen molar-refractivity contribution in [3.63, 3.8) is 0 Å². The Balaban J connectivity index is 1.66. The van der Waals surface area contributed by atoms with E-state index in [0.29, 0.717) is 16.7 Å². The summed E-state index contributed by atoms with van der Waals surface area (Å²) in [6, 6.07) is 9.04. The monoisotopic (exact) mass is 400 g/mol. The van der Waals surface area contributed by atoms with Gasteiger partial charge < -0.3 is 10.1 Å². The molecule has 0 aliphatic rings. The number of pyridine rings is 1. The molecule has 0 radical (unpaired) electrons. The Morgan fingerprint density at radius 1 is 1.30 bits per heavy atom. The third-order valence-electron chi connectivity index (χ3n) is 3.52. The Hall–Kier alpha value is -2.77. The molecule has 0 aliphatic carbocycles. The largest absolute Gasteiger partial charge is 0.437 e. The van der Waals surface area contributed by atoms with Crippen LogP contribution in [0.2, 0.25) is 5.02 Å². The van der Waals surface area contributed by atoms with E-state index in [2.05, 4.69) is 19.7 Å². The van der Waals surface area contributed by atoms with E-state index in [1.165, 1.54) is 24.8 Å². The molecule has 3 aromatic rings. The van der Waals surface area contributed by atoms with E-state index in [0.717, 1.165) is 16.1 Å². The van der Waals surface area contributed by atoms with Gasteiger partial charge in [-0.1, -0.05) is 23.8 Å². The zero-order chi connectivity index (χ0) is 19.2. The molecule has 0 fully saturated rings. The fraction of sp³-hybridized carbons (Fsp3) is 0.158. The summed E-state index contributed by atoms with van der Waals surface area (Å²) in [7, 11) is 0. The molecule has 2 heterocycles. The lowest BCUT2D eigenvalue weighted by atomic mass is 10.2. The predicted molar refractivity (Wildman–Crippen MR) is 107 cm³/mol. The second-order valence-corrected chi connectivity index (χ2v) is 6.96. The van der Waals surface area contributed by atoms with Crippen LogP contribution in [0.4, 0.5) is 0 Å². The quantitative estimate of drug-likeness (QED) is 0.655. The molecule has 1 aromatic carbocycles. The SMILES string of the molecule is CC(=O)N[C@@H](C)/C=C/c1ccc(Oc2ccc(-c3ncns3)cc2Cl)nc1. The van der Waals surface area contributed by atoms with Gasteiger partial charge in [-0.25, -0.2) is 9.97 Å². The molecule has 138 valence electrons. The number of amides is 1. The Labute approximate surface area is 166 Å². The minimum Gasteiger partial charge on any atom is -0.437 e. The van der Waals surface area contributed by atoms with E-state index in [4.69, 9.17) is 16.3 Å². The van der Waals surface area contributed by atoms with Crippen LogP contribution in [-0.2, 0) is 4.79 Å². The highest BCUT2D eigenvalue weighted by atomic mass is 35.5. The van der Waals surface area contributed by atoms with Crippen LogP contribution in [0.25, 0.3) is 16.6 Å². The lowest BCUT2D eigenvalue weighted by Gasteiger charge is -2.08. The molecule has 0 saturated carbocycles. The van der Waals surface area contributed by atoms with Crippen molar-refractivity contribution < 1.29 is 9.53 Å². The van der Waals surface area contributed by atoms with Gasteiger partial charge in [-0.2, -0.15) is 4.37 Å². The smallest absolute Gasteiger partial charge is 0.219 e. The van der Waals surface area contributed by atoms with Crippen molar-refractivity contribution in [3.05, 3.63) is 59.5 Å². The molecule has 3 rings (SSSR count).